The molecule has 166 valence electrons. The maximum absolute atomic E-state index is 5.78. The highest BCUT2D eigenvalue weighted by Gasteiger charge is 2.32. The fourth-order valence-corrected chi connectivity index (χ4v) is 4.51. The molecule has 29 heavy (non-hydrogen) atoms. The van der Waals surface area contributed by atoms with Crippen LogP contribution in [0.1, 0.15) is 52.1 Å². The second-order valence-electron chi connectivity index (χ2n) is 7.79. The Morgan fingerprint density at radius 3 is 2.41 bits per heavy atom. The van der Waals surface area contributed by atoms with E-state index in [1.807, 2.05) is 30.9 Å². The van der Waals surface area contributed by atoms with Gasteiger partial charge in [-0.2, -0.15) is 11.8 Å². The second-order valence-corrected chi connectivity index (χ2v) is 9.53. The zero-order chi connectivity index (χ0) is 20.4. The number of aliphatic imine (C=N–C) groups is 1. The molecule has 0 spiro atoms. The Morgan fingerprint density at radius 2 is 1.86 bits per heavy atom. The summed E-state index contributed by atoms with van der Waals surface area (Å²) in [5.41, 5.74) is 1.21. The maximum Gasteiger partial charge on any atom is 0.191 e. The molecule has 0 saturated carbocycles. The largest absolute Gasteiger partial charge is 0.493 e. The molecule has 5 nitrogen and oxygen atoms in total. The smallest absolute Gasteiger partial charge is 0.191 e. The summed E-state index contributed by atoms with van der Waals surface area (Å²) < 4.78 is 11.6. The van der Waals surface area contributed by atoms with Crippen molar-refractivity contribution in [3.63, 3.8) is 0 Å². The highest BCUT2D eigenvalue weighted by molar-refractivity contribution is 14.0. The van der Waals surface area contributed by atoms with Crippen LogP contribution in [-0.4, -0.2) is 49.9 Å². The molecule has 7 heteroatoms. The molecular weight excluding hydrogens is 497 g/mol. The van der Waals surface area contributed by atoms with E-state index in [0.29, 0.717) is 5.92 Å². The van der Waals surface area contributed by atoms with Crippen molar-refractivity contribution in [1.29, 1.82) is 0 Å². The number of hydrogen-bond donors (Lipinski definition) is 2. The minimum atomic E-state index is 0. The van der Waals surface area contributed by atoms with E-state index in [1.165, 1.54) is 5.56 Å². The number of nitrogens with zero attached hydrogens (tertiary/aromatic N) is 1. The lowest BCUT2D eigenvalue weighted by molar-refractivity contribution is 0.0782. The molecular formula is C22H38IN3O2S. The van der Waals surface area contributed by atoms with Gasteiger partial charge in [-0.3, -0.25) is 4.99 Å². The third-order valence-corrected chi connectivity index (χ3v) is 6.43. The van der Waals surface area contributed by atoms with Crippen LogP contribution in [0.3, 0.4) is 0 Å². The molecule has 1 saturated heterocycles. The number of ether oxygens (including phenoxy) is 2. The molecule has 1 aliphatic heterocycles. The van der Waals surface area contributed by atoms with Gasteiger partial charge < -0.3 is 20.1 Å². The predicted octanol–water partition coefficient (Wildman–Crippen LogP) is 4.87. The average Bonchev–Trinajstić information content (AvgIpc) is 2.70. The monoisotopic (exact) mass is 535 g/mol. The van der Waals surface area contributed by atoms with Crippen LogP contribution in [0.2, 0.25) is 0 Å². The summed E-state index contributed by atoms with van der Waals surface area (Å²) in [6, 6.07) is 8.48. The van der Waals surface area contributed by atoms with Crippen LogP contribution in [0.15, 0.2) is 29.3 Å². The summed E-state index contributed by atoms with van der Waals surface area (Å²) in [5.74, 6) is 3.41. The molecule has 2 rings (SSSR count). The first-order valence-electron chi connectivity index (χ1n) is 10.4. The van der Waals surface area contributed by atoms with Gasteiger partial charge in [-0.15, -0.1) is 24.0 Å². The first kappa shape index (κ1) is 26.4. The molecule has 1 unspecified atom stereocenters. The minimum Gasteiger partial charge on any atom is -0.493 e. The topological polar surface area (TPSA) is 54.9 Å². The predicted molar refractivity (Wildman–Crippen MR) is 136 cm³/mol. The maximum atomic E-state index is 5.78. The molecule has 1 aromatic rings. The summed E-state index contributed by atoms with van der Waals surface area (Å²) in [4.78, 5) is 4.42. The summed E-state index contributed by atoms with van der Waals surface area (Å²) in [5, 5.41) is 7.06. The highest BCUT2D eigenvalue weighted by Crippen LogP contribution is 2.34. The SMILES string of the molecule is CCSC1(CNC(=NC)NC(C)c2ccc(OCC(C)C)cc2)CCOCC1.I. The molecule has 2 N–H and O–H groups in total. The number of hydrogen-bond acceptors (Lipinski definition) is 4. The lowest BCUT2D eigenvalue weighted by Gasteiger charge is -2.37. The van der Waals surface area contributed by atoms with Gasteiger partial charge in [-0.05, 0) is 49.1 Å². The Kier molecular flexibility index (Phi) is 12.4. The molecule has 0 radical (unpaired) electrons. The minimum absolute atomic E-state index is 0. The molecule has 1 heterocycles. The number of thioether (sulfide) groups is 1. The Hall–Kier alpha value is -0.670. The van der Waals surface area contributed by atoms with E-state index in [0.717, 1.165) is 56.7 Å². The zero-order valence-corrected chi connectivity index (χ0v) is 21.6. The van der Waals surface area contributed by atoms with E-state index in [1.54, 1.807) is 0 Å². The lowest BCUT2D eigenvalue weighted by atomic mass is 9.99. The van der Waals surface area contributed by atoms with Gasteiger partial charge in [0.25, 0.3) is 0 Å². The zero-order valence-electron chi connectivity index (χ0n) is 18.5. The van der Waals surface area contributed by atoms with Gasteiger partial charge >= 0.3 is 0 Å². The van der Waals surface area contributed by atoms with E-state index in [-0.39, 0.29) is 34.8 Å². The van der Waals surface area contributed by atoms with Gasteiger partial charge in [0.05, 0.1) is 12.6 Å². The van der Waals surface area contributed by atoms with Crippen LogP contribution in [0.25, 0.3) is 0 Å². The quantitative estimate of drug-likeness (QED) is 0.269. The lowest BCUT2D eigenvalue weighted by Crippen LogP contribution is -2.48. The Balaban J connectivity index is 0.00000420. The molecule has 0 bridgehead atoms. The van der Waals surface area contributed by atoms with Crippen LogP contribution < -0.4 is 15.4 Å². The summed E-state index contributed by atoms with van der Waals surface area (Å²) in [6.07, 6.45) is 2.17. The molecule has 0 aliphatic carbocycles. The average molecular weight is 536 g/mol. The highest BCUT2D eigenvalue weighted by atomic mass is 127. The molecule has 0 aromatic heterocycles. The van der Waals surface area contributed by atoms with Gasteiger partial charge in [-0.1, -0.05) is 32.9 Å². The van der Waals surface area contributed by atoms with E-state index in [9.17, 15) is 0 Å². The molecule has 1 aliphatic rings. The normalized spacial score (nSPS) is 17.4. The third kappa shape index (κ3) is 8.92. The Labute approximate surface area is 198 Å². The second kappa shape index (κ2) is 13.6. The van der Waals surface area contributed by atoms with E-state index in [2.05, 4.69) is 55.5 Å². The van der Waals surface area contributed by atoms with Crippen molar-refractivity contribution in [2.45, 2.75) is 51.3 Å². The van der Waals surface area contributed by atoms with Gasteiger partial charge in [0.1, 0.15) is 5.75 Å². The van der Waals surface area contributed by atoms with Crippen molar-refractivity contribution in [3.05, 3.63) is 29.8 Å². The summed E-state index contributed by atoms with van der Waals surface area (Å²) in [6.45, 7) is 12.0. The number of rotatable bonds is 9. The fourth-order valence-electron chi connectivity index (χ4n) is 3.27. The van der Waals surface area contributed by atoms with Crippen LogP contribution in [0.4, 0.5) is 0 Å². The molecule has 0 amide bonds. The first-order chi connectivity index (χ1) is 13.5. The van der Waals surface area contributed by atoms with Gasteiger partial charge in [-0.25, -0.2) is 0 Å². The standard InChI is InChI=1S/C22H37N3O2S.HI/c1-6-28-22(11-13-26-14-12-22)16-24-21(23-5)25-18(4)19-7-9-20(10-8-19)27-15-17(2)3;/h7-10,17-18H,6,11-16H2,1-5H3,(H2,23,24,25);1H. The van der Waals surface area contributed by atoms with Gasteiger partial charge in [0.2, 0.25) is 0 Å². The first-order valence-corrected chi connectivity index (χ1v) is 11.4. The van der Waals surface area contributed by atoms with Crippen LogP contribution in [-0.2, 0) is 4.74 Å². The van der Waals surface area contributed by atoms with Crippen molar-refractivity contribution in [1.82, 2.24) is 10.6 Å². The van der Waals surface area contributed by atoms with Crippen molar-refractivity contribution in [2.24, 2.45) is 10.9 Å². The van der Waals surface area contributed by atoms with E-state index >= 15 is 0 Å². The fraction of sp³-hybridized carbons (Fsp3) is 0.682. The van der Waals surface area contributed by atoms with Gasteiger partial charge in [0, 0.05) is 31.6 Å². The number of halogens is 1. The van der Waals surface area contributed by atoms with Crippen molar-refractivity contribution < 1.29 is 9.47 Å². The Morgan fingerprint density at radius 1 is 1.21 bits per heavy atom. The number of nitrogens with one attached hydrogen (secondary N) is 2. The molecule has 1 fully saturated rings. The van der Waals surface area contributed by atoms with Crippen LogP contribution in [0.5, 0.6) is 5.75 Å². The van der Waals surface area contributed by atoms with Gasteiger partial charge in [0.15, 0.2) is 5.96 Å². The number of guanidine groups is 1. The number of benzene rings is 1. The summed E-state index contributed by atoms with van der Waals surface area (Å²) >= 11 is 2.04. The van der Waals surface area contributed by atoms with E-state index in [4.69, 9.17) is 9.47 Å². The third-order valence-electron chi connectivity index (χ3n) is 4.97. The molecule has 1 aromatic carbocycles. The van der Waals surface area contributed by atoms with Crippen molar-refractivity contribution in [3.8, 4) is 5.75 Å². The molecule has 1 atom stereocenters. The summed E-state index contributed by atoms with van der Waals surface area (Å²) in [7, 11) is 1.83. The van der Waals surface area contributed by atoms with E-state index < -0.39 is 0 Å². The van der Waals surface area contributed by atoms with Crippen molar-refractivity contribution >= 4 is 41.7 Å². The van der Waals surface area contributed by atoms with Crippen LogP contribution in [0, 0.1) is 5.92 Å². The van der Waals surface area contributed by atoms with Crippen LogP contribution >= 0.6 is 35.7 Å². The van der Waals surface area contributed by atoms with Crippen molar-refractivity contribution in [2.75, 3.05) is 39.2 Å². The Bertz CT molecular complexity index is 599.